The van der Waals surface area contributed by atoms with Crippen molar-refractivity contribution in [1.82, 2.24) is 4.98 Å². The zero-order chi connectivity index (χ0) is 25.8. The molecular formula is C21H11N5O8S2. The lowest BCUT2D eigenvalue weighted by Crippen LogP contribution is -2.40. The first-order chi connectivity index (χ1) is 17.1. The van der Waals surface area contributed by atoms with Crippen molar-refractivity contribution in [2.75, 3.05) is 9.62 Å². The molecule has 1 aliphatic heterocycles. The van der Waals surface area contributed by atoms with Crippen molar-refractivity contribution >= 4 is 66.1 Å². The summed E-state index contributed by atoms with van der Waals surface area (Å²) in [6.45, 7) is 0. The van der Waals surface area contributed by atoms with Gasteiger partial charge in [-0.1, -0.05) is 0 Å². The van der Waals surface area contributed by atoms with Gasteiger partial charge in [0.25, 0.3) is 33.2 Å². The second-order valence-corrected chi connectivity index (χ2v) is 10.1. The van der Waals surface area contributed by atoms with Crippen LogP contribution < -0.4 is 9.62 Å². The lowest BCUT2D eigenvalue weighted by atomic mass is 9.92. The predicted octanol–water partition coefficient (Wildman–Crippen LogP) is 3.71. The number of carbonyl (C=O) groups excluding carboxylic acids is 2. The fourth-order valence-electron chi connectivity index (χ4n) is 3.82. The molecule has 2 heterocycles. The molecule has 1 aromatic heterocycles. The van der Waals surface area contributed by atoms with Crippen LogP contribution in [0.25, 0.3) is 10.8 Å². The summed E-state index contributed by atoms with van der Waals surface area (Å²) in [7, 11) is -4.01. The largest absolute Gasteiger partial charge is 0.270 e. The fraction of sp³-hybridized carbons (Fsp3) is 0. The first-order valence-electron chi connectivity index (χ1n) is 9.88. The van der Waals surface area contributed by atoms with E-state index in [1.54, 1.807) is 5.38 Å². The Labute approximate surface area is 205 Å². The number of rotatable bonds is 6. The number of aromatic nitrogens is 1. The van der Waals surface area contributed by atoms with Crippen molar-refractivity contribution in [1.29, 1.82) is 0 Å². The number of amides is 2. The topological polar surface area (TPSA) is 183 Å². The SMILES string of the molecule is O=C1c2cc([N+](=O)[O-])cc3cc([N+](=O)[O-])cc(c23)C(=O)N1c1ccc(S(=O)(=O)Nc2nccs2)cc1. The van der Waals surface area contributed by atoms with Crippen LogP contribution in [0.5, 0.6) is 0 Å². The number of anilines is 2. The van der Waals surface area contributed by atoms with Crippen LogP contribution in [0.1, 0.15) is 20.7 Å². The first kappa shape index (κ1) is 23.0. The van der Waals surface area contributed by atoms with Crippen molar-refractivity contribution in [3.63, 3.8) is 0 Å². The third-order valence-electron chi connectivity index (χ3n) is 5.37. The zero-order valence-corrected chi connectivity index (χ0v) is 19.3. The van der Waals surface area contributed by atoms with Gasteiger partial charge in [-0.25, -0.2) is 18.3 Å². The Morgan fingerprint density at radius 3 is 1.92 bits per heavy atom. The van der Waals surface area contributed by atoms with Crippen LogP contribution in [-0.4, -0.2) is 35.1 Å². The number of hydrogen-bond donors (Lipinski definition) is 1. The highest BCUT2D eigenvalue weighted by Crippen LogP contribution is 2.38. The van der Waals surface area contributed by atoms with Gasteiger partial charge in [0.05, 0.1) is 31.6 Å². The monoisotopic (exact) mass is 525 g/mol. The van der Waals surface area contributed by atoms with Crippen molar-refractivity contribution in [2.24, 2.45) is 0 Å². The van der Waals surface area contributed by atoms with E-state index in [1.807, 2.05) is 0 Å². The van der Waals surface area contributed by atoms with E-state index < -0.39 is 43.1 Å². The van der Waals surface area contributed by atoms with E-state index in [4.69, 9.17) is 0 Å². The fourth-order valence-corrected chi connectivity index (χ4v) is 5.61. The molecule has 36 heavy (non-hydrogen) atoms. The number of carbonyl (C=O) groups is 2. The Morgan fingerprint density at radius 2 is 1.44 bits per heavy atom. The summed E-state index contributed by atoms with van der Waals surface area (Å²) in [5.74, 6) is -1.79. The Kier molecular flexibility index (Phi) is 5.22. The molecule has 0 aliphatic carbocycles. The van der Waals surface area contributed by atoms with Gasteiger partial charge < -0.3 is 0 Å². The quantitative estimate of drug-likeness (QED) is 0.223. The summed E-state index contributed by atoms with van der Waals surface area (Å²) in [4.78, 5) is 52.3. The molecular weight excluding hydrogens is 514 g/mol. The number of nitro benzene ring substituents is 2. The number of non-ortho nitro benzene ring substituents is 2. The van der Waals surface area contributed by atoms with Crippen molar-refractivity contribution in [2.45, 2.75) is 4.90 Å². The molecule has 4 aromatic rings. The molecule has 1 N–H and O–H groups in total. The molecule has 0 radical (unpaired) electrons. The summed E-state index contributed by atoms with van der Waals surface area (Å²) in [5, 5.41) is 24.6. The third kappa shape index (κ3) is 3.71. The van der Waals surface area contributed by atoms with E-state index in [9.17, 15) is 38.2 Å². The lowest BCUT2D eigenvalue weighted by molar-refractivity contribution is -0.385. The van der Waals surface area contributed by atoms with Gasteiger partial charge in [0.15, 0.2) is 5.13 Å². The first-order valence-corrected chi connectivity index (χ1v) is 12.2. The number of imide groups is 1. The highest BCUT2D eigenvalue weighted by molar-refractivity contribution is 7.93. The van der Waals surface area contributed by atoms with E-state index >= 15 is 0 Å². The molecule has 0 atom stereocenters. The van der Waals surface area contributed by atoms with Crippen molar-refractivity contribution in [3.05, 3.63) is 91.5 Å². The van der Waals surface area contributed by atoms with Crippen LogP contribution in [0.3, 0.4) is 0 Å². The average molecular weight is 525 g/mol. The summed E-state index contributed by atoms with van der Waals surface area (Å²) < 4.78 is 27.5. The van der Waals surface area contributed by atoms with E-state index in [2.05, 4.69) is 9.71 Å². The smallest absolute Gasteiger partial charge is 0.268 e. The summed E-state index contributed by atoms with van der Waals surface area (Å²) in [5.41, 5.74) is -1.38. The van der Waals surface area contributed by atoms with Crippen LogP contribution in [-0.2, 0) is 10.0 Å². The van der Waals surface area contributed by atoms with Crippen LogP contribution in [0, 0.1) is 20.2 Å². The van der Waals surface area contributed by atoms with Crippen LogP contribution >= 0.6 is 11.3 Å². The zero-order valence-electron chi connectivity index (χ0n) is 17.6. The molecule has 180 valence electrons. The highest BCUT2D eigenvalue weighted by Gasteiger charge is 2.37. The lowest BCUT2D eigenvalue weighted by Gasteiger charge is -2.27. The molecule has 15 heteroatoms. The number of hydrogen-bond acceptors (Lipinski definition) is 10. The maximum Gasteiger partial charge on any atom is 0.270 e. The van der Waals surface area contributed by atoms with Crippen LogP contribution in [0.2, 0.25) is 0 Å². The van der Waals surface area contributed by atoms with Gasteiger partial charge in [-0.15, -0.1) is 11.3 Å². The van der Waals surface area contributed by atoms with Crippen molar-refractivity contribution < 1.29 is 27.9 Å². The standard InChI is InChI=1S/C21H11N5O8S2/c27-19-16-9-13(25(29)30)7-11-8-14(26(31)32)10-17(18(11)16)20(28)24(19)12-1-3-15(4-2-12)36(33,34)23-21-22-5-6-35-21/h1-10H,(H,22,23). The molecule has 3 aromatic carbocycles. The van der Waals surface area contributed by atoms with Gasteiger partial charge in [-0.3, -0.25) is 34.5 Å². The highest BCUT2D eigenvalue weighted by atomic mass is 32.2. The Balaban J connectivity index is 1.61. The summed E-state index contributed by atoms with van der Waals surface area (Å²) in [6.07, 6.45) is 1.42. The minimum Gasteiger partial charge on any atom is -0.268 e. The van der Waals surface area contributed by atoms with Crippen molar-refractivity contribution in [3.8, 4) is 0 Å². The number of nitrogens with one attached hydrogen (secondary N) is 1. The second kappa shape index (κ2) is 8.17. The molecule has 1 aliphatic rings. The minimum absolute atomic E-state index is 0.000507. The molecule has 13 nitrogen and oxygen atoms in total. The van der Waals surface area contributed by atoms with Gasteiger partial charge in [0.1, 0.15) is 0 Å². The molecule has 0 saturated heterocycles. The molecule has 0 unspecified atom stereocenters. The van der Waals surface area contributed by atoms with Gasteiger partial charge >= 0.3 is 0 Å². The second-order valence-electron chi connectivity index (χ2n) is 7.48. The number of benzene rings is 3. The van der Waals surface area contributed by atoms with Crippen LogP contribution in [0.4, 0.5) is 22.2 Å². The van der Waals surface area contributed by atoms with E-state index in [0.717, 1.165) is 47.7 Å². The Morgan fingerprint density at radius 1 is 0.889 bits per heavy atom. The number of nitrogens with zero attached hydrogens (tertiary/aromatic N) is 4. The Hall–Kier alpha value is -4.76. The Bertz CT molecular complexity index is 1650. The number of nitro groups is 2. The predicted molar refractivity (Wildman–Crippen MR) is 128 cm³/mol. The van der Waals surface area contributed by atoms with Gasteiger partial charge in [-0.05, 0) is 29.7 Å². The third-order valence-corrected chi connectivity index (χ3v) is 7.54. The summed E-state index contributed by atoms with van der Waals surface area (Å²) in [6, 6.07) is 8.86. The molecule has 2 amide bonds. The molecule has 0 bridgehead atoms. The maximum absolute atomic E-state index is 13.3. The number of sulfonamides is 1. The molecule has 0 spiro atoms. The maximum atomic E-state index is 13.3. The van der Waals surface area contributed by atoms with Gasteiger partial charge in [0, 0.05) is 41.2 Å². The average Bonchev–Trinajstić information content (AvgIpc) is 3.34. The minimum atomic E-state index is -4.01. The van der Waals surface area contributed by atoms with E-state index in [-0.39, 0.29) is 37.6 Å². The van der Waals surface area contributed by atoms with Gasteiger partial charge in [-0.2, -0.15) is 0 Å². The molecule has 0 saturated carbocycles. The summed E-state index contributed by atoms with van der Waals surface area (Å²) >= 11 is 1.07. The van der Waals surface area contributed by atoms with Gasteiger partial charge in [0.2, 0.25) is 0 Å². The number of thiazole rings is 1. The van der Waals surface area contributed by atoms with E-state index in [1.165, 1.54) is 18.3 Å². The molecule has 0 fully saturated rings. The van der Waals surface area contributed by atoms with E-state index in [0.29, 0.717) is 4.90 Å². The molecule has 5 rings (SSSR count). The normalized spacial score (nSPS) is 13.2. The van der Waals surface area contributed by atoms with Crippen LogP contribution in [0.15, 0.2) is 65.0 Å².